The first kappa shape index (κ1) is 19.3. The third-order valence-corrected chi connectivity index (χ3v) is 5.17. The van der Waals surface area contributed by atoms with Gasteiger partial charge >= 0.3 is 11.8 Å². The highest BCUT2D eigenvalue weighted by atomic mass is 16.5. The lowest BCUT2D eigenvalue weighted by atomic mass is 9.86. The number of carbonyl (C=O) groups excluding carboxylic acids is 1. The van der Waals surface area contributed by atoms with Crippen LogP contribution in [0.15, 0.2) is 65.2 Å². The van der Waals surface area contributed by atoms with E-state index in [0.717, 1.165) is 19.5 Å². The topological polar surface area (TPSA) is 94.5 Å². The number of nitrogens with two attached hydrogens (primary N) is 1. The Labute approximate surface area is 169 Å². The Morgan fingerprint density at radius 2 is 1.76 bits per heavy atom. The summed E-state index contributed by atoms with van der Waals surface area (Å²) in [5.74, 6) is -0.147. The van der Waals surface area contributed by atoms with Crippen molar-refractivity contribution < 1.29 is 14.1 Å². The van der Waals surface area contributed by atoms with Gasteiger partial charge in [0.15, 0.2) is 5.82 Å². The summed E-state index contributed by atoms with van der Waals surface area (Å²) in [6.07, 6.45) is 0.959. The molecule has 3 aromatic rings. The fourth-order valence-corrected chi connectivity index (χ4v) is 3.78. The Hall–Kier alpha value is -3.03. The van der Waals surface area contributed by atoms with Gasteiger partial charge in [0.05, 0.1) is 19.3 Å². The highest BCUT2D eigenvalue weighted by Crippen LogP contribution is 2.31. The molecular weight excluding hydrogens is 368 g/mol. The second-order valence-corrected chi connectivity index (χ2v) is 7.22. The van der Waals surface area contributed by atoms with Crippen LogP contribution in [0.5, 0.6) is 0 Å². The Balaban J connectivity index is 1.45. The molecule has 0 radical (unpaired) electrons. The molecule has 0 saturated carbocycles. The zero-order valence-electron chi connectivity index (χ0n) is 16.1. The van der Waals surface area contributed by atoms with Crippen LogP contribution < -0.4 is 5.73 Å². The molecule has 2 heterocycles. The molecule has 1 aliphatic heterocycles. The minimum Gasteiger partial charge on any atom is -0.376 e. The summed E-state index contributed by atoms with van der Waals surface area (Å²) in [5.41, 5.74) is 7.74. The fourth-order valence-electron chi connectivity index (χ4n) is 3.78. The SMILES string of the molecule is NC(=O)c1nc(CN2CCOC(CC(c3ccccc3)c3ccccc3)C2)no1. The maximum Gasteiger partial charge on any atom is 0.315 e. The van der Waals surface area contributed by atoms with Gasteiger partial charge < -0.3 is 15.0 Å². The van der Waals surface area contributed by atoms with Gasteiger partial charge in [-0.2, -0.15) is 4.98 Å². The second kappa shape index (κ2) is 8.98. The van der Waals surface area contributed by atoms with Gasteiger partial charge in [0.2, 0.25) is 0 Å². The average molecular weight is 392 g/mol. The predicted molar refractivity (Wildman–Crippen MR) is 107 cm³/mol. The standard InChI is InChI=1S/C22H24N4O3/c23-21(27)22-24-20(25-29-22)15-26-11-12-28-18(14-26)13-19(16-7-3-1-4-8-16)17-9-5-2-6-10-17/h1-10,18-19H,11-15H2,(H2,23,27). The maximum absolute atomic E-state index is 11.1. The largest absolute Gasteiger partial charge is 0.376 e. The van der Waals surface area contributed by atoms with E-state index in [2.05, 4.69) is 63.6 Å². The summed E-state index contributed by atoms with van der Waals surface area (Å²) in [5, 5.41) is 3.84. The number of carbonyl (C=O) groups is 1. The number of hydrogen-bond acceptors (Lipinski definition) is 6. The smallest absolute Gasteiger partial charge is 0.315 e. The van der Waals surface area contributed by atoms with Gasteiger partial charge in [0.25, 0.3) is 0 Å². The third kappa shape index (κ3) is 4.88. The van der Waals surface area contributed by atoms with Crippen LogP contribution in [0.1, 0.15) is 40.0 Å². The number of rotatable bonds is 7. The quantitative estimate of drug-likeness (QED) is 0.664. The number of hydrogen-bond donors (Lipinski definition) is 1. The Bertz CT molecular complexity index is 890. The highest BCUT2D eigenvalue weighted by Gasteiger charge is 2.26. The van der Waals surface area contributed by atoms with E-state index in [4.69, 9.17) is 15.0 Å². The lowest BCUT2D eigenvalue weighted by Gasteiger charge is -2.34. The van der Waals surface area contributed by atoms with Gasteiger partial charge in [-0.3, -0.25) is 9.69 Å². The van der Waals surface area contributed by atoms with Crippen LogP contribution in [0.3, 0.4) is 0 Å². The van der Waals surface area contributed by atoms with E-state index in [-0.39, 0.29) is 17.9 Å². The molecular formula is C22H24N4O3. The number of primary amides is 1. The first-order valence-electron chi connectivity index (χ1n) is 9.75. The first-order chi connectivity index (χ1) is 14.2. The molecule has 1 atom stereocenters. The van der Waals surface area contributed by atoms with Gasteiger partial charge in [-0.1, -0.05) is 65.8 Å². The molecule has 1 amide bonds. The summed E-state index contributed by atoms with van der Waals surface area (Å²) in [7, 11) is 0. The van der Waals surface area contributed by atoms with Crippen LogP contribution in [0.2, 0.25) is 0 Å². The van der Waals surface area contributed by atoms with Crippen LogP contribution in [-0.2, 0) is 11.3 Å². The minimum atomic E-state index is -0.711. The molecule has 4 rings (SSSR count). The lowest BCUT2D eigenvalue weighted by Crippen LogP contribution is -2.42. The molecule has 1 saturated heterocycles. The second-order valence-electron chi connectivity index (χ2n) is 7.22. The van der Waals surface area contributed by atoms with E-state index in [1.54, 1.807) is 0 Å². The number of amides is 1. The van der Waals surface area contributed by atoms with Crippen molar-refractivity contribution in [3.8, 4) is 0 Å². The Morgan fingerprint density at radius 3 is 2.34 bits per heavy atom. The summed E-state index contributed by atoms with van der Waals surface area (Å²) in [6, 6.07) is 21.1. The molecule has 7 heteroatoms. The summed E-state index contributed by atoms with van der Waals surface area (Å²) < 4.78 is 11.0. The van der Waals surface area contributed by atoms with Crippen molar-refractivity contribution in [2.24, 2.45) is 5.73 Å². The zero-order chi connectivity index (χ0) is 20.1. The molecule has 29 heavy (non-hydrogen) atoms. The van der Waals surface area contributed by atoms with Crippen molar-refractivity contribution in [3.05, 3.63) is 83.5 Å². The van der Waals surface area contributed by atoms with E-state index in [0.29, 0.717) is 19.0 Å². The molecule has 1 fully saturated rings. The van der Waals surface area contributed by atoms with Crippen LogP contribution in [0.4, 0.5) is 0 Å². The first-order valence-corrected chi connectivity index (χ1v) is 9.75. The van der Waals surface area contributed by atoms with Gasteiger partial charge in [-0.15, -0.1) is 0 Å². The zero-order valence-corrected chi connectivity index (χ0v) is 16.1. The maximum atomic E-state index is 11.1. The molecule has 1 aromatic heterocycles. The van der Waals surface area contributed by atoms with Crippen molar-refractivity contribution in [1.82, 2.24) is 15.0 Å². The summed E-state index contributed by atoms with van der Waals surface area (Å²) in [6.45, 7) is 2.67. The van der Waals surface area contributed by atoms with Crippen molar-refractivity contribution in [2.75, 3.05) is 19.7 Å². The van der Waals surface area contributed by atoms with Crippen LogP contribution in [0, 0.1) is 0 Å². The Morgan fingerprint density at radius 1 is 1.10 bits per heavy atom. The van der Waals surface area contributed by atoms with Gasteiger partial charge in [-0.05, 0) is 17.5 Å². The van der Waals surface area contributed by atoms with Crippen LogP contribution in [0.25, 0.3) is 0 Å². The summed E-state index contributed by atoms with van der Waals surface area (Å²) >= 11 is 0. The molecule has 0 aliphatic carbocycles. The van der Waals surface area contributed by atoms with Crippen molar-refractivity contribution >= 4 is 5.91 Å². The molecule has 7 nitrogen and oxygen atoms in total. The van der Waals surface area contributed by atoms with E-state index < -0.39 is 5.91 Å². The fraction of sp³-hybridized carbons (Fsp3) is 0.318. The van der Waals surface area contributed by atoms with Gasteiger partial charge in [-0.25, -0.2) is 0 Å². The Kier molecular flexibility index (Phi) is 5.97. The minimum absolute atomic E-state index is 0.0803. The van der Waals surface area contributed by atoms with E-state index in [1.807, 2.05) is 12.1 Å². The number of ether oxygens (including phenoxy) is 1. The number of aromatic nitrogens is 2. The van der Waals surface area contributed by atoms with Gasteiger partial charge in [0.1, 0.15) is 0 Å². The van der Waals surface area contributed by atoms with E-state index in [9.17, 15) is 4.79 Å². The number of morpholine rings is 1. The molecule has 1 aliphatic rings. The third-order valence-electron chi connectivity index (χ3n) is 5.17. The van der Waals surface area contributed by atoms with Crippen molar-refractivity contribution in [2.45, 2.75) is 25.0 Å². The van der Waals surface area contributed by atoms with E-state index >= 15 is 0 Å². The average Bonchev–Trinajstić information content (AvgIpc) is 3.22. The molecule has 2 N–H and O–H groups in total. The van der Waals surface area contributed by atoms with Gasteiger partial charge in [0, 0.05) is 19.0 Å². The van der Waals surface area contributed by atoms with Crippen LogP contribution in [-0.4, -0.2) is 46.7 Å². The van der Waals surface area contributed by atoms with Crippen molar-refractivity contribution in [3.63, 3.8) is 0 Å². The predicted octanol–water partition coefficient (Wildman–Crippen LogP) is 2.59. The molecule has 2 aromatic carbocycles. The number of nitrogens with zero attached hydrogens (tertiary/aromatic N) is 3. The monoisotopic (exact) mass is 392 g/mol. The molecule has 1 unspecified atom stereocenters. The molecule has 0 spiro atoms. The lowest BCUT2D eigenvalue weighted by molar-refractivity contribution is -0.0373. The van der Waals surface area contributed by atoms with Crippen LogP contribution >= 0.6 is 0 Å². The highest BCUT2D eigenvalue weighted by molar-refractivity contribution is 5.87. The summed E-state index contributed by atoms with van der Waals surface area (Å²) in [4.78, 5) is 17.4. The van der Waals surface area contributed by atoms with Crippen molar-refractivity contribution in [1.29, 1.82) is 0 Å². The van der Waals surface area contributed by atoms with E-state index in [1.165, 1.54) is 11.1 Å². The normalized spacial score (nSPS) is 17.5. The number of benzene rings is 2. The molecule has 150 valence electrons. The molecule has 0 bridgehead atoms.